The van der Waals surface area contributed by atoms with E-state index in [-0.39, 0.29) is 29.3 Å². The lowest BCUT2D eigenvalue weighted by Gasteiger charge is -2.48. The van der Waals surface area contributed by atoms with Gasteiger partial charge in [0.25, 0.3) is 11.6 Å². The number of fused-ring (bicyclic) bond motifs is 3. The van der Waals surface area contributed by atoms with Crippen molar-refractivity contribution < 1.29 is 23.7 Å². The molecule has 0 unspecified atom stereocenters. The number of hydrogen-bond donors (Lipinski definition) is 1. The van der Waals surface area contributed by atoms with Gasteiger partial charge in [0.1, 0.15) is 0 Å². The number of hydrogen-bond acceptors (Lipinski definition) is 7. The third-order valence-corrected chi connectivity index (χ3v) is 6.09. The Bertz CT molecular complexity index is 992. The number of amides is 2. The Balaban J connectivity index is 1.59. The molecule has 1 saturated heterocycles. The van der Waals surface area contributed by atoms with Gasteiger partial charge in [-0.05, 0) is 36.6 Å². The molecule has 10 nitrogen and oxygen atoms in total. The second-order valence-corrected chi connectivity index (χ2v) is 8.01. The van der Waals surface area contributed by atoms with Crippen LogP contribution in [-0.2, 0) is 16.0 Å². The van der Waals surface area contributed by atoms with E-state index in [4.69, 9.17) is 9.15 Å². The lowest BCUT2D eigenvalue weighted by molar-refractivity contribution is -0.384. The first kappa shape index (κ1) is 21.8. The molecule has 0 saturated carbocycles. The van der Waals surface area contributed by atoms with Crippen molar-refractivity contribution in [3.05, 3.63) is 58.0 Å². The first-order valence-corrected chi connectivity index (χ1v) is 10.6. The molecule has 1 fully saturated rings. The number of nitro benzene ring substituents is 1. The maximum atomic E-state index is 13.1. The van der Waals surface area contributed by atoms with E-state index in [1.165, 1.54) is 12.3 Å². The highest BCUT2D eigenvalue weighted by molar-refractivity contribution is 5.92. The highest BCUT2D eigenvalue weighted by Crippen LogP contribution is 2.38. The van der Waals surface area contributed by atoms with Crippen LogP contribution in [-0.4, -0.2) is 67.6 Å². The molecule has 1 N–H and O–H groups in total. The number of rotatable bonds is 7. The van der Waals surface area contributed by atoms with Crippen molar-refractivity contribution in [2.45, 2.75) is 18.9 Å². The maximum absolute atomic E-state index is 13.1. The van der Waals surface area contributed by atoms with Gasteiger partial charge in [-0.25, -0.2) is 0 Å². The molecule has 2 amide bonds. The third-order valence-electron chi connectivity index (χ3n) is 6.09. The number of nitrogens with one attached hydrogen (secondary N) is 1. The fourth-order valence-corrected chi connectivity index (χ4v) is 4.52. The molecule has 1 aromatic heterocycles. The molecule has 0 bridgehead atoms. The molecule has 4 rings (SSSR count). The van der Waals surface area contributed by atoms with Gasteiger partial charge in [-0.2, -0.15) is 0 Å². The number of non-ortho nitro benzene ring substituents is 1. The van der Waals surface area contributed by atoms with Crippen LogP contribution in [0.15, 0.2) is 41.0 Å². The van der Waals surface area contributed by atoms with E-state index < -0.39 is 10.8 Å². The molecule has 2 aliphatic heterocycles. The number of piperazine rings is 1. The second kappa shape index (κ2) is 9.39. The molecule has 0 aliphatic carbocycles. The molecule has 2 aliphatic rings. The van der Waals surface area contributed by atoms with Gasteiger partial charge in [0.15, 0.2) is 5.76 Å². The summed E-state index contributed by atoms with van der Waals surface area (Å²) in [6, 6.07) is 7.85. The van der Waals surface area contributed by atoms with E-state index in [9.17, 15) is 19.7 Å². The number of furan rings is 1. The van der Waals surface area contributed by atoms with Crippen molar-refractivity contribution in [1.82, 2.24) is 10.2 Å². The largest absolute Gasteiger partial charge is 0.459 e. The summed E-state index contributed by atoms with van der Waals surface area (Å²) in [6.07, 6.45) is 2.52. The van der Waals surface area contributed by atoms with Crippen molar-refractivity contribution in [2.24, 2.45) is 5.92 Å². The SMILES string of the molecule is COCCCNC(=O)[C@@H]1Cc2cc([N+](=O)[O-])ccc2N2CCN(C(=O)c3ccco3)C[C@H]12. The molecule has 2 aromatic rings. The van der Waals surface area contributed by atoms with Crippen LogP contribution in [0.4, 0.5) is 11.4 Å². The van der Waals surface area contributed by atoms with Crippen molar-refractivity contribution in [3.63, 3.8) is 0 Å². The van der Waals surface area contributed by atoms with Gasteiger partial charge in [-0.1, -0.05) is 0 Å². The van der Waals surface area contributed by atoms with Crippen LogP contribution in [0.25, 0.3) is 0 Å². The number of nitro groups is 1. The zero-order valence-corrected chi connectivity index (χ0v) is 17.9. The summed E-state index contributed by atoms with van der Waals surface area (Å²) in [4.78, 5) is 40.6. The van der Waals surface area contributed by atoms with Crippen LogP contribution in [0.2, 0.25) is 0 Å². The number of carbonyl (C=O) groups is 2. The van der Waals surface area contributed by atoms with Gasteiger partial charge in [-0.15, -0.1) is 0 Å². The molecule has 10 heteroatoms. The lowest BCUT2D eigenvalue weighted by Crippen LogP contribution is -2.62. The molecule has 170 valence electrons. The Morgan fingerprint density at radius 2 is 2.16 bits per heavy atom. The monoisotopic (exact) mass is 442 g/mol. The minimum Gasteiger partial charge on any atom is -0.459 e. The molecule has 0 spiro atoms. The van der Waals surface area contributed by atoms with Crippen LogP contribution in [0.3, 0.4) is 0 Å². The summed E-state index contributed by atoms with van der Waals surface area (Å²) in [7, 11) is 1.61. The standard InChI is InChI=1S/C22H26N4O6/c1-31-10-3-7-23-21(27)17-13-15-12-16(26(29)30)5-6-18(15)25-9-8-24(14-19(17)25)22(28)20-4-2-11-32-20/h2,4-6,11-12,17,19H,3,7-10,13-14H2,1H3,(H,23,27)/t17-,19-/m1/s1. The van der Waals surface area contributed by atoms with Crippen LogP contribution < -0.4 is 10.2 Å². The van der Waals surface area contributed by atoms with Crippen molar-refractivity contribution in [2.75, 3.05) is 44.8 Å². The van der Waals surface area contributed by atoms with Crippen LogP contribution in [0, 0.1) is 16.0 Å². The summed E-state index contributed by atoms with van der Waals surface area (Å²) in [5, 5.41) is 14.2. The smallest absolute Gasteiger partial charge is 0.289 e. The highest BCUT2D eigenvalue weighted by Gasteiger charge is 2.43. The van der Waals surface area contributed by atoms with Gasteiger partial charge in [-0.3, -0.25) is 19.7 Å². The quantitative estimate of drug-likeness (QED) is 0.395. The highest BCUT2D eigenvalue weighted by atomic mass is 16.6. The normalized spacial score (nSPS) is 19.8. The Kier molecular flexibility index (Phi) is 6.40. The minimum absolute atomic E-state index is 0.00749. The van der Waals surface area contributed by atoms with Gasteiger partial charge in [0.2, 0.25) is 5.91 Å². The summed E-state index contributed by atoms with van der Waals surface area (Å²) in [6.45, 7) is 2.38. The van der Waals surface area contributed by atoms with Crippen molar-refractivity contribution in [3.8, 4) is 0 Å². The van der Waals surface area contributed by atoms with Crippen LogP contribution in [0.1, 0.15) is 22.5 Å². The fourth-order valence-electron chi connectivity index (χ4n) is 4.52. The van der Waals surface area contributed by atoms with Crippen LogP contribution in [0.5, 0.6) is 0 Å². The van der Waals surface area contributed by atoms with Gasteiger partial charge in [0, 0.05) is 57.7 Å². The zero-order chi connectivity index (χ0) is 22.7. The number of benzene rings is 1. The van der Waals surface area contributed by atoms with E-state index >= 15 is 0 Å². The van der Waals surface area contributed by atoms with Gasteiger partial charge >= 0.3 is 0 Å². The predicted octanol–water partition coefficient (Wildman–Crippen LogP) is 1.84. The Morgan fingerprint density at radius 3 is 2.88 bits per heavy atom. The molecule has 1 aromatic carbocycles. The lowest BCUT2D eigenvalue weighted by atomic mass is 9.83. The number of anilines is 1. The molecule has 3 heterocycles. The van der Waals surface area contributed by atoms with Crippen LogP contribution >= 0.6 is 0 Å². The first-order chi connectivity index (χ1) is 15.5. The Labute approximate surface area is 185 Å². The average molecular weight is 442 g/mol. The predicted molar refractivity (Wildman–Crippen MR) is 116 cm³/mol. The third kappa shape index (κ3) is 4.31. The Hall–Kier alpha value is -3.40. The van der Waals surface area contributed by atoms with E-state index in [2.05, 4.69) is 10.2 Å². The van der Waals surface area contributed by atoms with E-state index in [1.807, 2.05) is 0 Å². The molecular formula is C22H26N4O6. The fraction of sp³-hybridized carbons (Fsp3) is 0.455. The average Bonchev–Trinajstić information content (AvgIpc) is 3.35. The summed E-state index contributed by atoms with van der Waals surface area (Å²) >= 11 is 0. The van der Waals surface area contributed by atoms with Gasteiger partial charge < -0.3 is 24.3 Å². The molecule has 32 heavy (non-hydrogen) atoms. The zero-order valence-electron chi connectivity index (χ0n) is 17.9. The topological polar surface area (TPSA) is 118 Å². The van der Waals surface area contributed by atoms with Crippen molar-refractivity contribution >= 4 is 23.2 Å². The molecule has 2 atom stereocenters. The maximum Gasteiger partial charge on any atom is 0.289 e. The van der Waals surface area contributed by atoms with E-state index in [1.54, 1.807) is 36.3 Å². The first-order valence-electron chi connectivity index (χ1n) is 10.6. The molecule has 0 radical (unpaired) electrons. The number of nitrogens with zero attached hydrogens (tertiary/aromatic N) is 3. The number of ether oxygens (including phenoxy) is 1. The summed E-state index contributed by atoms with van der Waals surface area (Å²) in [5.41, 5.74) is 1.67. The van der Waals surface area contributed by atoms with E-state index in [0.717, 1.165) is 11.3 Å². The Morgan fingerprint density at radius 1 is 1.31 bits per heavy atom. The second-order valence-electron chi connectivity index (χ2n) is 8.01. The van der Waals surface area contributed by atoms with Crippen molar-refractivity contribution in [1.29, 1.82) is 0 Å². The van der Waals surface area contributed by atoms with E-state index in [0.29, 0.717) is 45.6 Å². The summed E-state index contributed by atoms with van der Waals surface area (Å²) in [5.74, 6) is -0.506. The molecular weight excluding hydrogens is 416 g/mol. The number of methoxy groups -OCH3 is 1. The minimum atomic E-state index is -0.445. The summed E-state index contributed by atoms with van der Waals surface area (Å²) < 4.78 is 10.3. The van der Waals surface area contributed by atoms with Gasteiger partial charge in [0.05, 0.1) is 23.1 Å². The number of carbonyl (C=O) groups excluding carboxylic acids is 2.